The number of hydrogen-bond donors (Lipinski definition) is 3. The summed E-state index contributed by atoms with van der Waals surface area (Å²) in [5, 5.41) is 3.46. The van der Waals surface area contributed by atoms with Crippen LogP contribution in [0, 0.1) is 0 Å². The zero-order valence-electron chi connectivity index (χ0n) is 17.5. The van der Waals surface area contributed by atoms with Crippen LogP contribution in [0.3, 0.4) is 0 Å². The van der Waals surface area contributed by atoms with Gasteiger partial charge in [-0.25, -0.2) is 0 Å². The fourth-order valence-electron chi connectivity index (χ4n) is 4.94. The van der Waals surface area contributed by atoms with Gasteiger partial charge in [0.05, 0.1) is 30.7 Å². The lowest BCUT2D eigenvalue weighted by atomic mass is 9.82. The Morgan fingerprint density at radius 2 is 2.20 bits per heavy atom. The van der Waals surface area contributed by atoms with Gasteiger partial charge in [0, 0.05) is 31.2 Å². The molecule has 3 aliphatic heterocycles. The second-order valence-corrected chi connectivity index (χ2v) is 8.61. The Bertz CT molecular complexity index is 898. The van der Waals surface area contributed by atoms with E-state index in [2.05, 4.69) is 51.4 Å². The average Bonchev–Trinajstić information content (AvgIpc) is 3.50. The summed E-state index contributed by atoms with van der Waals surface area (Å²) in [6.45, 7) is 5.41. The Labute approximate surface area is 177 Å². The molecule has 4 atom stereocenters. The molecule has 0 aliphatic carbocycles. The number of likely N-dealkylation sites (tertiary alicyclic amines) is 1. The molecule has 5 rings (SSSR count). The molecule has 2 saturated heterocycles. The summed E-state index contributed by atoms with van der Waals surface area (Å²) in [4.78, 5) is 10.5. The maximum atomic E-state index is 7.20. The van der Waals surface area contributed by atoms with Crippen LogP contribution >= 0.6 is 0 Å². The van der Waals surface area contributed by atoms with Crippen molar-refractivity contribution in [3.63, 3.8) is 0 Å². The highest BCUT2D eigenvalue weighted by Crippen LogP contribution is 2.41. The molecular formula is C23H31N5O2. The van der Waals surface area contributed by atoms with Crippen molar-refractivity contribution < 1.29 is 9.47 Å². The number of nitrogens with zero attached hydrogens (tertiary/aromatic N) is 2. The van der Waals surface area contributed by atoms with E-state index in [1.54, 1.807) is 0 Å². The molecule has 30 heavy (non-hydrogen) atoms. The summed E-state index contributed by atoms with van der Waals surface area (Å²) in [7, 11) is 0. The third-order valence-corrected chi connectivity index (χ3v) is 6.59. The van der Waals surface area contributed by atoms with E-state index in [-0.39, 0.29) is 5.92 Å². The van der Waals surface area contributed by atoms with E-state index in [1.165, 1.54) is 5.56 Å². The van der Waals surface area contributed by atoms with E-state index in [4.69, 9.17) is 15.2 Å². The summed E-state index contributed by atoms with van der Waals surface area (Å²) in [5.74, 6) is 0.00993. The molecule has 7 heteroatoms. The summed E-state index contributed by atoms with van der Waals surface area (Å²) < 4.78 is 11.8. The first-order chi connectivity index (χ1) is 14.7. The highest BCUT2D eigenvalue weighted by Gasteiger charge is 2.47. The fraction of sp³-hybridized carbons (Fsp3) is 0.522. The number of fused-ring (bicyclic) bond motifs is 3. The molecule has 4 heterocycles. The van der Waals surface area contributed by atoms with Gasteiger partial charge in [-0.2, -0.15) is 4.99 Å². The Morgan fingerprint density at radius 3 is 2.93 bits per heavy atom. The number of benzene rings is 1. The molecule has 160 valence electrons. The maximum absolute atomic E-state index is 7.20. The Balaban J connectivity index is 1.48. The van der Waals surface area contributed by atoms with Crippen LogP contribution in [0.1, 0.15) is 43.4 Å². The number of ether oxygens (including phenoxy) is 2. The van der Waals surface area contributed by atoms with Gasteiger partial charge in [0.1, 0.15) is 5.66 Å². The number of unbranched alkanes of at least 4 members (excludes halogenated alkanes) is 1. The maximum Gasteiger partial charge on any atom is 0.291 e. The Morgan fingerprint density at radius 1 is 1.33 bits per heavy atom. The zero-order valence-corrected chi connectivity index (χ0v) is 17.5. The lowest BCUT2D eigenvalue weighted by Crippen LogP contribution is -2.61. The topological polar surface area (TPSA) is 87.9 Å². The zero-order chi connectivity index (χ0) is 20.6. The minimum Gasteiger partial charge on any atom is -0.465 e. The lowest BCUT2D eigenvalue weighted by Gasteiger charge is -2.43. The van der Waals surface area contributed by atoms with Gasteiger partial charge in [0.25, 0.3) is 6.02 Å². The molecular weight excluding hydrogens is 378 g/mol. The number of morpholine rings is 1. The van der Waals surface area contributed by atoms with Crippen LogP contribution in [-0.2, 0) is 15.1 Å². The van der Waals surface area contributed by atoms with Crippen molar-refractivity contribution in [1.29, 1.82) is 0 Å². The molecule has 1 aromatic heterocycles. The molecule has 2 aromatic rings. The van der Waals surface area contributed by atoms with Crippen LogP contribution in [-0.4, -0.2) is 54.4 Å². The van der Waals surface area contributed by atoms with Gasteiger partial charge < -0.3 is 25.5 Å². The minimum atomic E-state index is -0.855. The van der Waals surface area contributed by atoms with Crippen molar-refractivity contribution in [3.8, 4) is 0 Å². The smallest absolute Gasteiger partial charge is 0.291 e. The second kappa shape index (κ2) is 8.06. The highest BCUT2D eigenvalue weighted by atomic mass is 16.5. The molecule has 0 radical (unpaired) electrons. The van der Waals surface area contributed by atoms with Crippen LogP contribution in [0.2, 0.25) is 0 Å². The summed E-state index contributed by atoms with van der Waals surface area (Å²) >= 11 is 0. The number of hydrogen-bond acceptors (Lipinski definition) is 6. The summed E-state index contributed by atoms with van der Waals surface area (Å²) in [6, 6.07) is 13.5. The Hall–Kier alpha value is -2.35. The number of H-pyrrole nitrogens is 1. The van der Waals surface area contributed by atoms with Crippen molar-refractivity contribution in [3.05, 3.63) is 53.9 Å². The number of aromatic nitrogens is 1. The number of nitrogens with two attached hydrogens (primary N) is 1. The van der Waals surface area contributed by atoms with Gasteiger partial charge in [-0.15, -0.1) is 0 Å². The number of amidine groups is 1. The first-order valence-corrected chi connectivity index (χ1v) is 11.0. The van der Waals surface area contributed by atoms with Crippen molar-refractivity contribution in [1.82, 2.24) is 15.2 Å². The highest BCUT2D eigenvalue weighted by molar-refractivity contribution is 5.81. The molecule has 2 fully saturated rings. The molecule has 4 N–H and O–H groups in total. The molecule has 2 unspecified atom stereocenters. The Kier molecular flexibility index (Phi) is 5.26. The van der Waals surface area contributed by atoms with Crippen molar-refractivity contribution in [2.24, 2.45) is 10.7 Å². The van der Waals surface area contributed by atoms with E-state index in [9.17, 15) is 0 Å². The fourth-order valence-corrected chi connectivity index (χ4v) is 4.94. The molecule has 0 amide bonds. The molecule has 0 spiro atoms. The minimum absolute atomic E-state index is 0.00993. The number of rotatable bonds is 7. The summed E-state index contributed by atoms with van der Waals surface area (Å²) in [6.07, 6.45) is 5.43. The second-order valence-electron chi connectivity index (χ2n) is 8.61. The number of aliphatic imine (C=N–C) groups is 1. The SMILES string of the molecule is CCCCOC1=Nc2cc[nH]c2C(N)(C(CN2C[C@@H]3C[C@H]2CO3)c2ccccc2)N1. The molecule has 0 saturated carbocycles. The predicted octanol–water partition coefficient (Wildman–Crippen LogP) is 2.79. The summed E-state index contributed by atoms with van der Waals surface area (Å²) in [5.41, 5.74) is 9.29. The quantitative estimate of drug-likeness (QED) is 0.612. The van der Waals surface area contributed by atoms with Crippen molar-refractivity contribution in [2.75, 3.05) is 26.3 Å². The van der Waals surface area contributed by atoms with E-state index in [0.717, 1.165) is 50.3 Å². The van der Waals surface area contributed by atoms with Gasteiger partial charge in [0.15, 0.2) is 0 Å². The first-order valence-electron chi connectivity index (χ1n) is 11.0. The van der Waals surface area contributed by atoms with Gasteiger partial charge in [-0.3, -0.25) is 4.90 Å². The van der Waals surface area contributed by atoms with Crippen LogP contribution in [0.4, 0.5) is 5.69 Å². The van der Waals surface area contributed by atoms with Gasteiger partial charge in [-0.1, -0.05) is 43.7 Å². The third-order valence-electron chi connectivity index (χ3n) is 6.59. The monoisotopic (exact) mass is 409 g/mol. The molecule has 2 bridgehead atoms. The van der Waals surface area contributed by atoms with Gasteiger partial charge >= 0.3 is 0 Å². The molecule has 1 aromatic carbocycles. The largest absolute Gasteiger partial charge is 0.465 e. The molecule has 3 aliphatic rings. The van der Waals surface area contributed by atoms with Gasteiger partial charge in [-0.05, 0) is 24.5 Å². The van der Waals surface area contributed by atoms with Crippen LogP contribution in [0.5, 0.6) is 0 Å². The molecule has 7 nitrogen and oxygen atoms in total. The van der Waals surface area contributed by atoms with E-state index >= 15 is 0 Å². The van der Waals surface area contributed by atoms with Gasteiger partial charge in [0.2, 0.25) is 0 Å². The van der Waals surface area contributed by atoms with E-state index in [1.807, 2.05) is 18.3 Å². The number of aromatic amines is 1. The third kappa shape index (κ3) is 3.51. The standard InChI is InChI=1S/C23H31N5O2/c1-2-3-11-29-22-26-20-9-10-25-21(20)23(24,27-22)19(16-7-5-4-6-8-16)14-28-13-18-12-17(28)15-30-18/h4-10,17-19,25H,2-3,11-15,24H2,1H3,(H,26,27)/t17-,18-,19?,23?/m0/s1. The van der Waals surface area contributed by atoms with Crippen LogP contribution in [0.15, 0.2) is 47.6 Å². The van der Waals surface area contributed by atoms with Crippen molar-refractivity contribution >= 4 is 11.7 Å². The van der Waals surface area contributed by atoms with E-state index < -0.39 is 5.66 Å². The average molecular weight is 410 g/mol. The number of nitrogens with one attached hydrogen (secondary N) is 2. The van der Waals surface area contributed by atoms with Crippen LogP contribution in [0.25, 0.3) is 0 Å². The lowest BCUT2D eigenvalue weighted by molar-refractivity contribution is 0.0230. The van der Waals surface area contributed by atoms with Crippen LogP contribution < -0.4 is 11.1 Å². The first kappa shape index (κ1) is 19.6. The normalized spacial score (nSPS) is 28.7. The van der Waals surface area contributed by atoms with E-state index in [0.29, 0.717) is 24.8 Å². The predicted molar refractivity (Wildman–Crippen MR) is 117 cm³/mol. The van der Waals surface area contributed by atoms with Crippen molar-refractivity contribution in [2.45, 2.75) is 49.9 Å².